The van der Waals surface area contributed by atoms with Gasteiger partial charge in [-0.25, -0.2) is 9.97 Å². The van der Waals surface area contributed by atoms with Crippen LogP contribution in [0.2, 0.25) is 0 Å². The van der Waals surface area contributed by atoms with Gasteiger partial charge in [0, 0.05) is 17.5 Å². The highest BCUT2D eigenvalue weighted by Crippen LogP contribution is 2.23. The lowest BCUT2D eigenvalue weighted by molar-refractivity contribution is 0.697. The maximum absolute atomic E-state index is 5.78. The Hall–Kier alpha value is -2.11. The van der Waals surface area contributed by atoms with Crippen LogP contribution >= 0.6 is 0 Å². The molecule has 0 aliphatic rings. The SMILES string of the molecule is CCc1nc(N)nc(NC(CC)c2ncc(C)[nH]2)c1C. The monoisotopic (exact) mass is 274 g/mol. The summed E-state index contributed by atoms with van der Waals surface area (Å²) < 4.78 is 0. The highest BCUT2D eigenvalue weighted by Gasteiger charge is 2.16. The Bertz CT molecular complexity index is 589. The van der Waals surface area contributed by atoms with E-state index < -0.39 is 0 Å². The number of nitrogens with one attached hydrogen (secondary N) is 2. The molecule has 1 unspecified atom stereocenters. The second-order valence-electron chi connectivity index (χ2n) is 4.91. The Labute approximate surface area is 119 Å². The Morgan fingerprint density at radius 3 is 2.60 bits per heavy atom. The molecule has 20 heavy (non-hydrogen) atoms. The van der Waals surface area contributed by atoms with Gasteiger partial charge in [0.1, 0.15) is 11.6 Å². The number of anilines is 2. The van der Waals surface area contributed by atoms with Crippen LogP contribution < -0.4 is 11.1 Å². The van der Waals surface area contributed by atoms with E-state index >= 15 is 0 Å². The number of aromatic nitrogens is 4. The Kier molecular flexibility index (Phi) is 4.22. The molecule has 0 bridgehead atoms. The lowest BCUT2D eigenvalue weighted by Crippen LogP contribution is -2.15. The normalized spacial score (nSPS) is 12.4. The first-order valence-corrected chi connectivity index (χ1v) is 6.96. The number of nitrogens with two attached hydrogens (primary N) is 1. The number of nitrogens with zero attached hydrogens (tertiary/aromatic N) is 3. The minimum Gasteiger partial charge on any atom is -0.368 e. The van der Waals surface area contributed by atoms with Gasteiger partial charge in [-0.15, -0.1) is 0 Å². The fourth-order valence-corrected chi connectivity index (χ4v) is 2.21. The lowest BCUT2D eigenvalue weighted by atomic mass is 10.1. The van der Waals surface area contributed by atoms with Crippen LogP contribution in [0.1, 0.15) is 49.1 Å². The molecule has 2 aromatic heterocycles. The molecule has 1 atom stereocenters. The Morgan fingerprint density at radius 1 is 1.30 bits per heavy atom. The molecule has 0 radical (unpaired) electrons. The van der Waals surface area contributed by atoms with Gasteiger partial charge in [0.25, 0.3) is 0 Å². The standard InChI is InChI=1S/C14H22N6/c1-5-10-9(4)12(20-14(15)19-10)18-11(6-2)13-16-7-8(3)17-13/h7,11H,5-6H2,1-4H3,(H,16,17)(H3,15,18,19,20). The summed E-state index contributed by atoms with van der Waals surface area (Å²) in [5.74, 6) is 2.01. The van der Waals surface area contributed by atoms with Crippen LogP contribution in [0.3, 0.4) is 0 Å². The van der Waals surface area contributed by atoms with Gasteiger partial charge in [-0.05, 0) is 26.7 Å². The molecule has 2 rings (SSSR count). The summed E-state index contributed by atoms with van der Waals surface area (Å²) in [5.41, 5.74) is 8.85. The first kappa shape index (κ1) is 14.3. The third-order valence-electron chi connectivity index (χ3n) is 3.37. The number of hydrogen-bond acceptors (Lipinski definition) is 5. The van der Waals surface area contributed by atoms with Gasteiger partial charge in [-0.1, -0.05) is 13.8 Å². The molecule has 0 aliphatic heterocycles. The van der Waals surface area contributed by atoms with E-state index in [1.807, 2.05) is 20.0 Å². The van der Waals surface area contributed by atoms with Crippen molar-refractivity contribution in [2.24, 2.45) is 0 Å². The van der Waals surface area contributed by atoms with Gasteiger partial charge in [-0.2, -0.15) is 4.98 Å². The molecule has 2 aromatic rings. The minimum atomic E-state index is 0.0846. The number of imidazole rings is 1. The zero-order valence-corrected chi connectivity index (χ0v) is 12.5. The highest BCUT2D eigenvalue weighted by atomic mass is 15.1. The van der Waals surface area contributed by atoms with Crippen LogP contribution in [0.5, 0.6) is 0 Å². The number of H-pyrrole nitrogens is 1. The molecule has 0 aliphatic carbocycles. The molecular weight excluding hydrogens is 252 g/mol. The van der Waals surface area contributed by atoms with Crippen molar-refractivity contribution in [3.8, 4) is 0 Å². The summed E-state index contributed by atoms with van der Waals surface area (Å²) in [6.07, 6.45) is 3.57. The van der Waals surface area contributed by atoms with Gasteiger partial charge in [0.2, 0.25) is 5.95 Å². The molecule has 0 fully saturated rings. The predicted molar refractivity (Wildman–Crippen MR) is 80.5 cm³/mol. The summed E-state index contributed by atoms with van der Waals surface area (Å²) in [4.78, 5) is 16.2. The first-order chi connectivity index (χ1) is 9.55. The van der Waals surface area contributed by atoms with E-state index in [1.165, 1.54) is 0 Å². The predicted octanol–water partition coefficient (Wildman–Crippen LogP) is 2.52. The fraction of sp³-hybridized carbons (Fsp3) is 0.500. The number of aryl methyl sites for hydroxylation is 2. The van der Waals surface area contributed by atoms with Crippen molar-refractivity contribution in [1.29, 1.82) is 0 Å². The zero-order chi connectivity index (χ0) is 14.7. The van der Waals surface area contributed by atoms with Crippen molar-refractivity contribution in [3.63, 3.8) is 0 Å². The third-order valence-corrected chi connectivity index (χ3v) is 3.37. The van der Waals surface area contributed by atoms with Crippen molar-refractivity contribution in [1.82, 2.24) is 19.9 Å². The van der Waals surface area contributed by atoms with Crippen molar-refractivity contribution in [2.75, 3.05) is 11.1 Å². The molecule has 0 amide bonds. The van der Waals surface area contributed by atoms with E-state index in [2.05, 4.69) is 39.1 Å². The van der Waals surface area contributed by atoms with Crippen molar-refractivity contribution in [2.45, 2.75) is 46.6 Å². The van der Waals surface area contributed by atoms with Gasteiger partial charge >= 0.3 is 0 Å². The van der Waals surface area contributed by atoms with Crippen LogP contribution in [0.25, 0.3) is 0 Å². The summed E-state index contributed by atoms with van der Waals surface area (Å²) in [7, 11) is 0. The summed E-state index contributed by atoms with van der Waals surface area (Å²) in [5, 5.41) is 3.42. The van der Waals surface area contributed by atoms with Crippen molar-refractivity contribution < 1.29 is 0 Å². The number of nitrogen functional groups attached to an aromatic ring is 1. The zero-order valence-electron chi connectivity index (χ0n) is 12.5. The van der Waals surface area contributed by atoms with E-state index in [0.717, 1.165) is 41.4 Å². The van der Waals surface area contributed by atoms with Gasteiger partial charge in [-0.3, -0.25) is 0 Å². The van der Waals surface area contributed by atoms with Crippen LogP contribution in [0, 0.1) is 13.8 Å². The number of rotatable bonds is 5. The van der Waals surface area contributed by atoms with Gasteiger partial charge < -0.3 is 16.0 Å². The van der Waals surface area contributed by atoms with E-state index in [-0.39, 0.29) is 6.04 Å². The lowest BCUT2D eigenvalue weighted by Gasteiger charge is -2.18. The van der Waals surface area contributed by atoms with Gasteiger partial charge in [0.15, 0.2) is 0 Å². The summed E-state index contributed by atoms with van der Waals surface area (Å²) in [6, 6.07) is 0.0846. The second kappa shape index (κ2) is 5.90. The van der Waals surface area contributed by atoms with E-state index in [0.29, 0.717) is 5.95 Å². The quantitative estimate of drug-likeness (QED) is 0.779. The van der Waals surface area contributed by atoms with Crippen LogP contribution in [0.4, 0.5) is 11.8 Å². The maximum atomic E-state index is 5.78. The summed E-state index contributed by atoms with van der Waals surface area (Å²) >= 11 is 0. The Balaban J connectivity index is 2.30. The first-order valence-electron chi connectivity index (χ1n) is 6.96. The topological polar surface area (TPSA) is 92.5 Å². The molecule has 108 valence electrons. The van der Waals surface area contributed by atoms with Crippen molar-refractivity contribution >= 4 is 11.8 Å². The smallest absolute Gasteiger partial charge is 0.222 e. The number of aromatic amines is 1. The van der Waals surface area contributed by atoms with E-state index in [9.17, 15) is 0 Å². The third kappa shape index (κ3) is 2.89. The summed E-state index contributed by atoms with van der Waals surface area (Å²) in [6.45, 7) is 8.18. The molecule has 6 nitrogen and oxygen atoms in total. The molecule has 4 N–H and O–H groups in total. The minimum absolute atomic E-state index is 0.0846. The fourth-order valence-electron chi connectivity index (χ4n) is 2.21. The maximum Gasteiger partial charge on any atom is 0.222 e. The van der Waals surface area contributed by atoms with Crippen LogP contribution in [0.15, 0.2) is 6.20 Å². The molecule has 0 aromatic carbocycles. The molecular formula is C14H22N6. The molecule has 0 saturated heterocycles. The van der Waals surface area contributed by atoms with E-state index in [1.54, 1.807) is 0 Å². The van der Waals surface area contributed by atoms with Crippen LogP contribution in [-0.4, -0.2) is 19.9 Å². The molecule has 2 heterocycles. The van der Waals surface area contributed by atoms with Crippen molar-refractivity contribution in [3.05, 3.63) is 29.0 Å². The molecule has 6 heteroatoms. The van der Waals surface area contributed by atoms with E-state index in [4.69, 9.17) is 5.73 Å². The Morgan fingerprint density at radius 2 is 2.05 bits per heavy atom. The average Bonchev–Trinajstić information content (AvgIpc) is 2.85. The number of hydrogen-bond donors (Lipinski definition) is 3. The second-order valence-corrected chi connectivity index (χ2v) is 4.91. The molecule has 0 saturated carbocycles. The van der Waals surface area contributed by atoms with Gasteiger partial charge in [0.05, 0.1) is 11.7 Å². The van der Waals surface area contributed by atoms with Crippen LogP contribution in [-0.2, 0) is 6.42 Å². The molecule has 0 spiro atoms. The highest BCUT2D eigenvalue weighted by molar-refractivity contribution is 5.50. The average molecular weight is 274 g/mol. The largest absolute Gasteiger partial charge is 0.368 e.